The van der Waals surface area contributed by atoms with Gasteiger partial charge in [-0.15, -0.1) is 0 Å². The Morgan fingerprint density at radius 3 is 2.70 bits per heavy atom. The number of carbonyl (C=O) groups excluding carboxylic acids is 2. The lowest BCUT2D eigenvalue weighted by Crippen LogP contribution is -2.22. The molecule has 0 bridgehead atoms. The van der Waals surface area contributed by atoms with Crippen LogP contribution in [0.5, 0.6) is 0 Å². The molecule has 10 heavy (non-hydrogen) atoms. The van der Waals surface area contributed by atoms with Crippen molar-refractivity contribution in [2.45, 2.75) is 6.92 Å². The summed E-state index contributed by atoms with van der Waals surface area (Å²) in [6.07, 6.45) is 0.684. The third-order valence-electron chi connectivity index (χ3n) is 0.929. The van der Waals surface area contributed by atoms with Crippen LogP contribution in [0.2, 0.25) is 0 Å². The molecule has 4 nitrogen and oxygen atoms in total. The molecule has 0 aromatic carbocycles. The molecule has 0 spiro atoms. The lowest BCUT2D eigenvalue weighted by atomic mass is 10.6. The molecule has 1 amide bonds. The minimum absolute atomic E-state index is 0.268. The van der Waals surface area contributed by atoms with Crippen molar-refractivity contribution in [1.29, 1.82) is 0 Å². The van der Waals surface area contributed by atoms with Crippen LogP contribution < -0.4 is 0 Å². The highest BCUT2D eigenvalue weighted by Crippen LogP contribution is 1.78. The zero-order chi connectivity index (χ0) is 7.98. The van der Waals surface area contributed by atoms with E-state index in [0.29, 0.717) is 13.0 Å². The minimum Gasteiger partial charge on any atom is -0.464 e. The Bertz CT molecular complexity index is 124. The fourth-order valence-corrected chi connectivity index (χ4v) is 0.386. The van der Waals surface area contributed by atoms with Crippen molar-refractivity contribution in [3.05, 3.63) is 0 Å². The molecule has 0 saturated carbocycles. The molecular formula is C6H11NO3. The number of hydrogen-bond acceptors (Lipinski definition) is 3. The molecule has 0 aliphatic heterocycles. The Morgan fingerprint density at radius 2 is 2.30 bits per heavy atom. The Kier molecular flexibility index (Phi) is 4.28. The first-order chi connectivity index (χ1) is 4.66. The molecule has 0 heterocycles. The van der Waals surface area contributed by atoms with Gasteiger partial charge in [0, 0.05) is 14.0 Å². The summed E-state index contributed by atoms with van der Waals surface area (Å²) in [5.41, 5.74) is 0. The van der Waals surface area contributed by atoms with E-state index in [9.17, 15) is 9.59 Å². The molecule has 0 aliphatic carbocycles. The predicted molar refractivity (Wildman–Crippen MR) is 35.3 cm³/mol. The van der Waals surface area contributed by atoms with Gasteiger partial charge in [0.05, 0.1) is 6.54 Å². The van der Waals surface area contributed by atoms with E-state index in [0.717, 1.165) is 0 Å². The van der Waals surface area contributed by atoms with Gasteiger partial charge in [0.2, 0.25) is 6.41 Å². The number of likely N-dealkylation sites (N-methyl/N-ethyl adjacent to an activating group) is 1. The fraction of sp³-hybridized carbons (Fsp3) is 0.667. The van der Waals surface area contributed by atoms with Gasteiger partial charge in [0.25, 0.3) is 0 Å². The van der Waals surface area contributed by atoms with E-state index in [1.165, 1.54) is 11.8 Å². The fourth-order valence-electron chi connectivity index (χ4n) is 0.386. The van der Waals surface area contributed by atoms with Crippen molar-refractivity contribution in [3.8, 4) is 0 Å². The number of rotatable bonds is 4. The Morgan fingerprint density at radius 1 is 1.70 bits per heavy atom. The molecule has 0 fully saturated rings. The molecule has 0 unspecified atom stereocenters. The maximum atomic E-state index is 10.2. The van der Waals surface area contributed by atoms with Crippen molar-refractivity contribution in [1.82, 2.24) is 4.90 Å². The van der Waals surface area contributed by atoms with Gasteiger partial charge >= 0.3 is 5.97 Å². The van der Waals surface area contributed by atoms with E-state index >= 15 is 0 Å². The van der Waals surface area contributed by atoms with Crippen molar-refractivity contribution in [2.24, 2.45) is 0 Å². The number of hydrogen-bond donors (Lipinski definition) is 0. The van der Waals surface area contributed by atoms with Gasteiger partial charge in [-0.05, 0) is 0 Å². The van der Waals surface area contributed by atoms with E-state index in [2.05, 4.69) is 4.74 Å². The summed E-state index contributed by atoms with van der Waals surface area (Å²) in [7, 11) is 1.62. The molecule has 0 aliphatic rings. The summed E-state index contributed by atoms with van der Waals surface area (Å²) in [6, 6.07) is 0. The first-order valence-corrected chi connectivity index (χ1v) is 2.95. The summed E-state index contributed by atoms with van der Waals surface area (Å²) >= 11 is 0. The summed E-state index contributed by atoms with van der Waals surface area (Å²) in [4.78, 5) is 21.6. The van der Waals surface area contributed by atoms with Gasteiger partial charge in [-0.25, -0.2) is 0 Å². The van der Waals surface area contributed by atoms with Gasteiger partial charge in [-0.3, -0.25) is 9.59 Å². The van der Waals surface area contributed by atoms with Crippen molar-refractivity contribution >= 4 is 12.4 Å². The number of esters is 1. The molecule has 0 rings (SSSR count). The summed E-state index contributed by atoms with van der Waals surface area (Å²) in [6.45, 7) is 2.05. The highest BCUT2D eigenvalue weighted by atomic mass is 16.5. The third-order valence-corrected chi connectivity index (χ3v) is 0.929. The van der Waals surface area contributed by atoms with Crippen LogP contribution in [0.4, 0.5) is 0 Å². The first-order valence-electron chi connectivity index (χ1n) is 2.95. The summed E-state index contributed by atoms with van der Waals surface area (Å²) in [5, 5.41) is 0. The highest BCUT2D eigenvalue weighted by molar-refractivity contribution is 5.65. The second kappa shape index (κ2) is 4.78. The van der Waals surface area contributed by atoms with Crippen LogP contribution in [0.3, 0.4) is 0 Å². The van der Waals surface area contributed by atoms with E-state index in [-0.39, 0.29) is 12.6 Å². The summed E-state index contributed by atoms with van der Waals surface area (Å²) in [5.74, 6) is -0.320. The average Bonchev–Trinajstić information content (AvgIpc) is 1.87. The maximum absolute atomic E-state index is 10.2. The Balaban J connectivity index is 3.19. The summed E-state index contributed by atoms with van der Waals surface area (Å²) < 4.78 is 4.57. The topological polar surface area (TPSA) is 46.6 Å². The molecule has 4 heteroatoms. The molecule has 0 saturated heterocycles. The first kappa shape index (κ1) is 8.94. The Hall–Kier alpha value is -1.06. The van der Waals surface area contributed by atoms with Crippen molar-refractivity contribution in [2.75, 3.05) is 20.2 Å². The zero-order valence-electron chi connectivity index (χ0n) is 6.16. The van der Waals surface area contributed by atoms with E-state index in [4.69, 9.17) is 0 Å². The van der Waals surface area contributed by atoms with Gasteiger partial charge in [-0.1, -0.05) is 0 Å². The lowest BCUT2D eigenvalue weighted by molar-refractivity contribution is -0.141. The monoisotopic (exact) mass is 145 g/mol. The maximum Gasteiger partial charge on any atom is 0.302 e. The van der Waals surface area contributed by atoms with Gasteiger partial charge in [0.1, 0.15) is 6.61 Å². The average molecular weight is 145 g/mol. The van der Waals surface area contributed by atoms with Crippen molar-refractivity contribution in [3.63, 3.8) is 0 Å². The van der Waals surface area contributed by atoms with Crippen LogP contribution >= 0.6 is 0 Å². The standard InChI is InChI=1S/C6H11NO3/c1-6(9)10-4-3-7(2)5-8/h5H,3-4H2,1-2H3. The number of carbonyl (C=O) groups is 2. The molecule has 58 valence electrons. The largest absolute Gasteiger partial charge is 0.464 e. The van der Waals surface area contributed by atoms with E-state index in [1.807, 2.05) is 0 Å². The van der Waals surface area contributed by atoms with Gasteiger partial charge < -0.3 is 9.64 Å². The molecular weight excluding hydrogens is 134 g/mol. The number of nitrogens with zero attached hydrogens (tertiary/aromatic N) is 1. The van der Waals surface area contributed by atoms with Crippen LogP contribution in [0.25, 0.3) is 0 Å². The van der Waals surface area contributed by atoms with Gasteiger partial charge in [-0.2, -0.15) is 0 Å². The molecule has 0 atom stereocenters. The molecule has 0 N–H and O–H groups in total. The number of ether oxygens (including phenoxy) is 1. The predicted octanol–water partition coefficient (Wildman–Crippen LogP) is -0.362. The normalized spacial score (nSPS) is 8.60. The second-order valence-corrected chi connectivity index (χ2v) is 1.93. The SMILES string of the molecule is CC(=O)OCCN(C)C=O. The lowest BCUT2D eigenvalue weighted by Gasteiger charge is -2.08. The van der Waals surface area contributed by atoms with E-state index in [1.54, 1.807) is 7.05 Å². The molecule has 0 aromatic rings. The Labute approximate surface area is 59.8 Å². The van der Waals surface area contributed by atoms with Gasteiger partial charge in [0.15, 0.2) is 0 Å². The highest BCUT2D eigenvalue weighted by Gasteiger charge is 1.94. The smallest absolute Gasteiger partial charge is 0.302 e. The second-order valence-electron chi connectivity index (χ2n) is 1.93. The third kappa shape index (κ3) is 5.08. The van der Waals surface area contributed by atoms with Crippen LogP contribution in [0, 0.1) is 0 Å². The van der Waals surface area contributed by atoms with Crippen molar-refractivity contribution < 1.29 is 14.3 Å². The molecule has 0 radical (unpaired) electrons. The van der Waals surface area contributed by atoms with Crippen LogP contribution in [-0.4, -0.2) is 37.5 Å². The zero-order valence-corrected chi connectivity index (χ0v) is 6.16. The minimum atomic E-state index is -0.320. The van der Waals surface area contributed by atoms with Crippen LogP contribution in [0.1, 0.15) is 6.92 Å². The van der Waals surface area contributed by atoms with Crippen LogP contribution in [-0.2, 0) is 14.3 Å². The number of amides is 1. The quantitative estimate of drug-likeness (QED) is 0.401. The molecule has 0 aromatic heterocycles. The van der Waals surface area contributed by atoms with E-state index < -0.39 is 0 Å². The van der Waals surface area contributed by atoms with Crippen LogP contribution in [0.15, 0.2) is 0 Å².